The third-order valence-corrected chi connectivity index (χ3v) is 1.99. The maximum atomic E-state index is 10.5. The van der Waals surface area contributed by atoms with E-state index in [0.717, 1.165) is 12.7 Å². The van der Waals surface area contributed by atoms with Gasteiger partial charge in [0, 0.05) is 6.42 Å². The highest BCUT2D eigenvalue weighted by atomic mass is 16.7. The van der Waals surface area contributed by atoms with Crippen molar-refractivity contribution in [2.24, 2.45) is 0 Å². The van der Waals surface area contributed by atoms with E-state index in [1.54, 1.807) is 0 Å². The molecule has 0 saturated carbocycles. The summed E-state index contributed by atoms with van der Waals surface area (Å²) in [6.07, 6.45) is 2.33. The van der Waals surface area contributed by atoms with Crippen LogP contribution in [0.25, 0.3) is 0 Å². The predicted octanol–water partition coefficient (Wildman–Crippen LogP) is 1.51. The van der Waals surface area contributed by atoms with Gasteiger partial charge >= 0.3 is 0 Å². The number of ether oxygens (including phenoxy) is 2. The van der Waals surface area contributed by atoms with Crippen molar-refractivity contribution in [2.75, 3.05) is 0 Å². The van der Waals surface area contributed by atoms with E-state index in [1.165, 1.54) is 0 Å². The lowest BCUT2D eigenvalue weighted by Gasteiger charge is -2.38. The van der Waals surface area contributed by atoms with Crippen molar-refractivity contribution >= 4 is 6.29 Å². The molecular weight excluding hydrogens is 156 g/mol. The summed E-state index contributed by atoms with van der Waals surface area (Å²) >= 11 is 0. The molecule has 2 atom stereocenters. The molecular formula is C9H16O3. The predicted molar refractivity (Wildman–Crippen MR) is 44.8 cm³/mol. The molecule has 1 heterocycles. The first-order chi connectivity index (χ1) is 5.57. The molecule has 1 aliphatic rings. The molecule has 0 N–H and O–H groups in total. The highest BCUT2D eigenvalue weighted by molar-refractivity contribution is 5.56. The van der Waals surface area contributed by atoms with E-state index in [0.29, 0.717) is 6.42 Å². The second kappa shape index (κ2) is 3.54. The lowest BCUT2D eigenvalue weighted by atomic mass is 10.1. The second-order valence-electron chi connectivity index (χ2n) is 3.58. The Labute approximate surface area is 73.0 Å². The molecule has 1 saturated heterocycles. The van der Waals surface area contributed by atoms with Crippen molar-refractivity contribution in [2.45, 2.75) is 51.6 Å². The van der Waals surface area contributed by atoms with Gasteiger partial charge in [0.2, 0.25) is 0 Å². The van der Waals surface area contributed by atoms with Gasteiger partial charge in [-0.2, -0.15) is 0 Å². The molecule has 0 aromatic heterocycles. The van der Waals surface area contributed by atoms with Crippen LogP contribution in [-0.2, 0) is 14.3 Å². The van der Waals surface area contributed by atoms with Gasteiger partial charge in [-0.3, -0.25) is 0 Å². The molecule has 0 aromatic rings. The van der Waals surface area contributed by atoms with Crippen molar-refractivity contribution in [3.63, 3.8) is 0 Å². The van der Waals surface area contributed by atoms with Gasteiger partial charge in [-0.05, 0) is 20.3 Å². The van der Waals surface area contributed by atoms with Crippen molar-refractivity contribution < 1.29 is 14.3 Å². The molecule has 0 amide bonds. The Morgan fingerprint density at radius 3 is 2.67 bits per heavy atom. The lowest BCUT2D eigenvalue weighted by molar-refractivity contribution is -0.291. The topological polar surface area (TPSA) is 35.5 Å². The van der Waals surface area contributed by atoms with E-state index in [2.05, 4.69) is 0 Å². The summed E-state index contributed by atoms with van der Waals surface area (Å²) in [6, 6.07) is 0. The summed E-state index contributed by atoms with van der Waals surface area (Å²) in [5.41, 5.74) is 0. The molecule has 0 bridgehead atoms. The second-order valence-corrected chi connectivity index (χ2v) is 3.58. The molecule has 1 fully saturated rings. The first kappa shape index (κ1) is 9.68. The minimum Gasteiger partial charge on any atom is -0.347 e. The third-order valence-electron chi connectivity index (χ3n) is 1.99. The Hall–Kier alpha value is -0.410. The van der Waals surface area contributed by atoms with Crippen LogP contribution in [0.15, 0.2) is 0 Å². The van der Waals surface area contributed by atoms with Crippen molar-refractivity contribution in [1.82, 2.24) is 0 Å². The van der Waals surface area contributed by atoms with Gasteiger partial charge in [-0.25, -0.2) is 0 Å². The fraction of sp³-hybridized carbons (Fsp3) is 0.889. The van der Waals surface area contributed by atoms with Crippen LogP contribution in [0, 0.1) is 0 Å². The highest BCUT2D eigenvalue weighted by Gasteiger charge is 2.34. The molecule has 0 spiro atoms. The van der Waals surface area contributed by atoms with Crippen LogP contribution in [0.5, 0.6) is 0 Å². The fourth-order valence-corrected chi connectivity index (χ4v) is 1.48. The van der Waals surface area contributed by atoms with Crippen molar-refractivity contribution in [3.05, 3.63) is 0 Å². The van der Waals surface area contributed by atoms with E-state index < -0.39 is 5.79 Å². The zero-order valence-electron chi connectivity index (χ0n) is 7.87. The van der Waals surface area contributed by atoms with Crippen LogP contribution in [0.3, 0.4) is 0 Å². The number of hydrogen-bond acceptors (Lipinski definition) is 3. The van der Waals surface area contributed by atoms with Crippen LogP contribution >= 0.6 is 0 Å². The molecule has 0 aliphatic carbocycles. The Morgan fingerprint density at radius 2 is 2.17 bits per heavy atom. The van der Waals surface area contributed by atoms with E-state index in [9.17, 15) is 4.79 Å². The molecule has 3 heteroatoms. The zero-order valence-corrected chi connectivity index (χ0v) is 7.87. The molecule has 3 nitrogen and oxygen atoms in total. The van der Waals surface area contributed by atoms with E-state index in [4.69, 9.17) is 9.47 Å². The lowest BCUT2D eigenvalue weighted by Crippen LogP contribution is -2.44. The summed E-state index contributed by atoms with van der Waals surface area (Å²) < 4.78 is 10.9. The smallest absolute Gasteiger partial charge is 0.164 e. The van der Waals surface area contributed by atoms with E-state index in [1.807, 2.05) is 20.8 Å². The first-order valence-corrected chi connectivity index (χ1v) is 4.38. The van der Waals surface area contributed by atoms with Gasteiger partial charge in [-0.1, -0.05) is 6.92 Å². The van der Waals surface area contributed by atoms with Crippen LogP contribution in [0.2, 0.25) is 0 Å². The maximum Gasteiger partial charge on any atom is 0.164 e. The van der Waals surface area contributed by atoms with Gasteiger partial charge in [0.1, 0.15) is 12.4 Å². The molecule has 1 aliphatic heterocycles. The number of carbonyl (C=O) groups is 1. The minimum atomic E-state index is -0.607. The molecule has 70 valence electrons. The summed E-state index contributed by atoms with van der Waals surface area (Å²) in [5.74, 6) is -0.607. The molecule has 2 unspecified atom stereocenters. The Morgan fingerprint density at radius 1 is 1.50 bits per heavy atom. The average Bonchev–Trinajstić information content (AvgIpc) is 2.01. The van der Waals surface area contributed by atoms with Crippen LogP contribution < -0.4 is 0 Å². The summed E-state index contributed by atoms with van der Waals surface area (Å²) in [6.45, 7) is 5.73. The van der Waals surface area contributed by atoms with Gasteiger partial charge in [0.15, 0.2) is 5.79 Å². The van der Waals surface area contributed by atoms with Crippen LogP contribution in [-0.4, -0.2) is 24.3 Å². The highest BCUT2D eigenvalue weighted by Crippen LogP contribution is 2.26. The molecule has 0 aromatic carbocycles. The Bertz CT molecular complexity index is 165. The van der Waals surface area contributed by atoms with Gasteiger partial charge in [0.25, 0.3) is 0 Å². The normalized spacial score (nSPS) is 34.6. The van der Waals surface area contributed by atoms with E-state index >= 15 is 0 Å². The minimum absolute atomic E-state index is 0.156. The summed E-state index contributed by atoms with van der Waals surface area (Å²) in [5, 5.41) is 0. The molecule has 1 rings (SSSR count). The van der Waals surface area contributed by atoms with Gasteiger partial charge < -0.3 is 14.3 Å². The number of carbonyl (C=O) groups excluding carboxylic acids is 1. The van der Waals surface area contributed by atoms with Crippen molar-refractivity contribution in [1.29, 1.82) is 0 Å². The van der Waals surface area contributed by atoms with Crippen molar-refractivity contribution in [3.8, 4) is 0 Å². The monoisotopic (exact) mass is 172 g/mol. The summed E-state index contributed by atoms with van der Waals surface area (Å²) in [7, 11) is 0. The number of rotatable bonds is 2. The average molecular weight is 172 g/mol. The fourth-order valence-electron chi connectivity index (χ4n) is 1.48. The number of aldehydes is 1. The SMILES string of the molecule is CCC1CC(C=O)OC(C)(C)O1. The number of hydrogen-bond donors (Lipinski definition) is 0. The Kier molecular flexibility index (Phi) is 2.85. The third kappa shape index (κ3) is 2.29. The first-order valence-electron chi connectivity index (χ1n) is 4.38. The van der Waals surface area contributed by atoms with Crippen LogP contribution in [0.4, 0.5) is 0 Å². The van der Waals surface area contributed by atoms with E-state index in [-0.39, 0.29) is 12.2 Å². The summed E-state index contributed by atoms with van der Waals surface area (Å²) in [4.78, 5) is 10.5. The maximum absolute atomic E-state index is 10.5. The standard InChI is InChI=1S/C9H16O3/c1-4-7-5-8(6-10)12-9(2,3)11-7/h6-8H,4-5H2,1-3H3. The Balaban J connectivity index is 2.58. The zero-order chi connectivity index (χ0) is 9.19. The van der Waals surface area contributed by atoms with Gasteiger partial charge in [0.05, 0.1) is 6.10 Å². The quantitative estimate of drug-likeness (QED) is 0.592. The molecule has 12 heavy (non-hydrogen) atoms. The van der Waals surface area contributed by atoms with Gasteiger partial charge in [-0.15, -0.1) is 0 Å². The van der Waals surface area contributed by atoms with Crippen LogP contribution in [0.1, 0.15) is 33.6 Å². The largest absolute Gasteiger partial charge is 0.347 e. The molecule has 0 radical (unpaired) electrons.